The lowest BCUT2D eigenvalue weighted by molar-refractivity contribution is -0.146. The van der Waals surface area contributed by atoms with Crippen LogP contribution in [0, 0.1) is 17.8 Å². The van der Waals surface area contributed by atoms with Crippen molar-refractivity contribution in [3.63, 3.8) is 0 Å². The van der Waals surface area contributed by atoms with Crippen LogP contribution < -0.4 is 0 Å². The molecule has 2 aliphatic rings. The normalized spacial score (nSPS) is 32.0. The van der Waals surface area contributed by atoms with Crippen molar-refractivity contribution in [1.29, 1.82) is 0 Å². The molecule has 6 unspecified atom stereocenters. The van der Waals surface area contributed by atoms with Crippen molar-refractivity contribution >= 4 is 23.2 Å². The molecule has 2 fully saturated rings. The molecule has 9 heteroatoms. The van der Waals surface area contributed by atoms with E-state index in [4.69, 9.17) is 4.74 Å². The van der Waals surface area contributed by atoms with Crippen LogP contribution in [0.1, 0.15) is 39.5 Å². The molecule has 0 aromatic carbocycles. The molecular formula is C15H22F3O4PS. The van der Waals surface area contributed by atoms with E-state index >= 15 is 0 Å². The summed E-state index contributed by atoms with van der Waals surface area (Å²) in [7, 11) is -6.24. The highest BCUT2D eigenvalue weighted by molar-refractivity contribution is 8.44. The Morgan fingerprint density at radius 2 is 1.88 bits per heavy atom. The first-order chi connectivity index (χ1) is 10.9. The van der Waals surface area contributed by atoms with Crippen LogP contribution in [0.25, 0.3) is 0 Å². The van der Waals surface area contributed by atoms with Gasteiger partial charge in [0.25, 0.3) is 9.46 Å². The Morgan fingerprint density at radius 1 is 1.25 bits per heavy atom. The number of alkyl halides is 3. The van der Waals surface area contributed by atoms with E-state index in [-0.39, 0.29) is 23.9 Å². The number of rotatable bonds is 5. The number of fused-ring (bicyclic) bond motifs is 2. The van der Waals surface area contributed by atoms with Gasteiger partial charge in [0, 0.05) is 13.4 Å². The lowest BCUT2D eigenvalue weighted by Crippen LogP contribution is -2.29. The third-order valence-electron chi connectivity index (χ3n) is 4.92. The van der Waals surface area contributed by atoms with E-state index in [0.29, 0.717) is 24.8 Å². The predicted octanol–water partition coefficient (Wildman–Crippen LogP) is 3.83. The number of hydrogen-bond acceptors (Lipinski definition) is 4. The molecule has 6 atom stereocenters. The van der Waals surface area contributed by atoms with Crippen molar-refractivity contribution in [3.8, 4) is 0 Å². The van der Waals surface area contributed by atoms with Gasteiger partial charge in [0.15, 0.2) is 0 Å². The molecule has 4 nitrogen and oxygen atoms in total. The molecule has 2 rings (SSSR count). The highest BCUT2D eigenvalue weighted by Gasteiger charge is 2.50. The molecule has 0 heterocycles. The Balaban J connectivity index is 2.00. The van der Waals surface area contributed by atoms with Gasteiger partial charge in [-0.05, 0) is 56.0 Å². The number of halogens is 3. The van der Waals surface area contributed by atoms with Crippen LogP contribution in [0.4, 0.5) is 13.2 Å². The van der Waals surface area contributed by atoms with Gasteiger partial charge in [0.05, 0.1) is 0 Å². The molecule has 0 saturated heterocycles. The summed E-state index contributed by atoms with van der Waals surface area (Å²) in [5, 5.41) is 0. The van der Waals surface area contributed by atoms with Gasteiger partial charge in [-0.1, -0.05) is 13.5 Å². The second-order valence-corrected chi connectivity index (χ2v) is 11.8. The van der Waals surface area contributed by atoms with E-state index in [2.05, 4.69) is 6.58 Å². The molecule has 0 aliphatic heterocycles. The summed E-state index contributed by atoms with van der Waals surface area (Å²) in [6.45, 7) is 6.68. The van der Waals surface area contributed by atoms with Crippen molar-refractivity contribution in [1.82, 2.24) is 0 Å². The maximum Gasteiger partial charge on any atom is 0.500 e. The molecule has 2 bridgehead atoms. The highest BCUT2D eigenvalue weighted by Crippen LogP contribution is 2.53. The quantitative estimate of drug-likeness (QED) is 0.409. The van der Waals surface area contributed by atoms with Crippen LogP contribution in [-0.4, -0.2) is 31.7 Å². The average Bonchev–Trinajstić information content (AvgIpc) is 2.72. The van der Waals surface area contributed by atoms with E-state index in [9.17, 15) is 26.4 Å². The SMILES string of the molecule is C=C(C)C(=O)OC1CC2CC(C1)C(C(C)PS(=O)(=O)C(F)(F)F)C2. The molecule has 138 valence electrons. The fourth-order valence-electron chi connectivity index (χ4n) is 3.91. The zero-order valence-electron chi connectivity index (χ0n) is 13.6. The third kappa shape index (κ3) is 4.31. The highest BCUT2D eigenvalue weighted by atomic mass is 32.8. The maximum atomic E-state index is 12.6. The van der Waals surface area contributed by atoms with E-state index < -0.39 is 34.4 Å². The van der Waals surface area contributed by atoms with Gasteiger partial charge >= 0.3 is 11.5 Å². The van der Waals surface area contributed by atoms with Crippen LogP contribution in [0.3, 0.4) is 0 Å². The first-order valence-electron chi connectivity index (χ1n) is 7.85. The van der Waals surface area contributed by atoms with Crippen LogP contribution in [-0.2, 0) is 19.0 Å². The Kier molecular flexibility index (Phi) is 5.70. The van der Waals surface area contributed by atoms with Crippen molar-refractivity contribution in [2.75, 3.05) is 0 Å². The Morgan fingerprint density at radius 3 is 2.42 bits per heavy atom. The monoisotopic (exact) mass is 386 g/mol. The summed E-state index contributed by atoms with van der Waals surface area (Å²) in [6.07, 6.45) is 2.59. The fraction of sp³-hybridized carbons (Fsp3) is 0.800. The Hall–Kier alpha value is -0.620. The fourth-order valence-corrected chi connectivity index (χ4v) is 7.50. The lowest BCUT2D eigenvalue weighted by Gasteiger charge is -2.30. The molecule has 0 aromatic rings. The first kappa shape index (κ1) is 19.7. The number of ether oxygens (including phenoxy) is 1. The number of carbonyl (C=O) groups excluding carboxylic acids is 1. The Labute approximate surface area is 141 Å². The molecule has 0 aromatic heterocycles. The maximum absolute atomic E-state index is 12.6. The van der Waals surface area contributed by atoms with Crippen molar-refractivity contribution in [2.24, 2.45) is 17.8 Å². The summed E-state index contributed by atoms with van der Waals surface area (Å²) in [4.78, 5) is 11.6. The van der Waals surface area contributed by atoms with Gasteiger partial charge in [-0.15, -0.1) is 0 Å². The van der Waals surface area contributed by atoms with Crippen LogP contribution in [0.5, 0.6) is 0 Å². The topological polar surface area (TPSA) is 60.4 Å². The predicted molar refractivity (Wildman–Crippen MR) is 86.4 cm³/mol. The molecule has 24 heavy (non-hydrogen) atoms. The molecule has 2 saturated carbocycles. The summed E-state index contributed by atoms with van der Waals surface area (Å²) >= 11 is 0. The largest absolute Gasteiger partial charge is 0.500 e. The van der Waals surface area contributed by atoms with E-state index in [1.54, 1.807) is 13.8 Å². The summed E-state index contributed by atoms with van der Waals surface area (Å²) in [5.41, 5.74) is -5.41. The average molecular weight is 386 g/mol. The Bertz CT molecular complexity index is 617. The van der Waals surface area contributed by atoms with E-state index in [1.165, 1.54) is 0 Å². The standard InChI is InChI=1S/C15H22F3O4PS/c1-8(2)14(19)22-12-5-10-4-11(7-12)13(6-10)9(3)23-24(20,21)15(16,17)18/h9-13,23H,1,4-7H2,2-3H3. The minimum atomic E-state index is -5.19. The van der Waals surface area contributed by atoms with Crippen LogP contribution in [0.15, 0.2) is 12.2 Å². The molecular weight excluding hydrogens is 364 g/mol. The van der Waals surface area contributed by atoms with Crippen molar-refractivity contribution < 1.29 is 31.1 Å². The van der Waals surface area contributed by atoms with Crippen molar-refractivity contribution in [3.05, 3.63) is 12.2 Å². The second kappa shape index (κ2) is 6.94. The molecule has 0 radical (unpaired) electrons. The lowest BCUT2D eigenvalue weighted by atomic mass is 9.84. The van der Waals surface area contributed by atoms with Gasteiger partial charge in [-0.3, -0.25) is 0 Å². The molecule has 0 N–H and O–H groups in total. The van der Waals surface area contributed by atoms with E-state index in [0.717, 1.165) is 6.42 Å². The number of esters is 1. The zero-order valence-corrected chi connectivity index (χ0v) is 15.4. The van der Waals surface area contributed by atoms with Gasteiger partial charge in [0.2, 0.25) is 0 Å². The second-order valence-electron chi connectivity index (χ2n) is 6.90. The summed E-state index contributed by atoms with van der Waals surface area (Å²) in [6, 6.07) is 0. The van der Waals surface area contributed by atoms with Crippen LogP contribution in [0.2, 0.25) is 0 Å². The van der Waals surface area contributed by atoms with Crippen molar-refractivity contribution in [2.45, 2.75) is 56.8 Å². The third-order valence-corrected chi connectivity index (χ3v) is 9.38. The minimum Gasteiger partial charge on any atom is -0.459 e. The minimum absolute atomic E-state index is 0.0704. The summed E-state index contributed by atoms with van der Waals surface area (Å²) < 4.78 is 65.9. The van der Waals surface area contributed by atoms with Gasteiger partial charge in [-0.2, -0.15) is 13.2 Å². The van der Waals surface area contributed by atoms with Gasteiger partial charge in [-0.25, -0.2) is 13.2 Å². The number of carbonyl (C=O) groups is 1. The molecule has 2 aliphatic carbocycles. The first-order valence-corrected chi connectivity index (χ1v) is 11.1. The van der Waals surface area contributed by atoms with Crippen LogP contribution >= 0.6 is 7.78 Å². The number of hydrogen-bond donors (Lipinski definition) is 0. The zero-order chi connectivity index (χ0) is 18.3. The van der Waals surface area contributed by atoms with E-state index in [1.807, 2.05) is 0 Å². The summed E-state index contributed by atoms with van der Waals surface area (Å²) in [5.74, 6) is -0.137. The molecule has 0 amide bonds. The van der Waals surface area contributed by atoms with Gasteiger partial charge in [0.1, 0.15) is 6.10 Å². The van der Waals surface area contributed by atoms with Gasteiger partial charge < -0.3 is 4.74 Å². The molecule has 0 spiro atoms. The smallest absolute Gasteiger partial charge is 0.459 e.